The molecule has 0 heterocycles. The number of nitrogens with one attached hydrogen (secondary N) is 2. The van der Waals surface area contributed by atoms with Gasteiger partial charge in [0.15, 0.2) is 0 Å². The number of amides is 1. The SMILES string of the molecule is O=C(CNC1CCCC1)NC1(C(=O)O)CCCC1. The molecule has 0 aromatic rings. The second-order valence-corrected chi connectivity index (χ2v) is 5.50. The van der Waals surface area contributed by atoms with Crippen molar-refractivity contribution < 1.29 is 14.7 Å². The van der Waals surface area contributed by atoms with Crippen molar-refractivity contribution in [3.05, 3.63) is 0 Å². The van der Waals surface area contributed by atoms with Gasteiger partial charge in [0.25, 0.3) is 0 Å². The van der Waals surface area contributed by atoms with Crippen LogP contribution in [0.2, 0.25) is 0 Å². The molecule has 2 rings (SSSR count). The van der Waals surface area contributed by atoms with Gasteiger partial charge >= 0.3 is 5.97 Å². The van der Waals surface area contributed by atoms with Crippen LogP contribution >= 0.6 is 0 Å². The van der Waals surface area contributed by atoms with Crippen LogP contribution in [0, 0.1) is 0 Å². The van der Waals surface area contributed by atoms with Crippen molar-refractivity contribution in [2.45, 2.75) is 62.9 Å². The van der Waals surface area contributed by atoms with Gasteiger partial charge in [0.05, 0.1) is 6.54 Å². The van der Waals surface area contributed by atoms with E-state index in [2.05, 4.69) is 10.6 Å². The van der Waals surface area contributed by atoms with Crippen molar-refractivity contribution >= 4 is 11.9 Å². The Morgan fingerprint density at radius 2 is 1.72 bits per heavy atom. The second-order valence-electron chi connectivity index (χ2n) is 5.50. The molecule has 0 bridgehead atoms. The summed E-state index contributed by atoms with van der Waals surface area (Å²) in [6.07, 6.45) is 7.55. The Morgan fingerprint density at radius 3 is 2.28 bits per heavy atom. The number of carboxylic acids is 1. The van der Waals surface area contributed by atoms with Gasteiger partial charge in [-0.3, -0.25) is 4.79 Å². The zero-order valence-electron chi connectivity index (χ0n) is 10.7. The molecule has 2 saturated carbocycles. The number of hydrogen-bond acceptors (Lipinski definition) is 3. The monoisotopic (exact) mass is 254 g/mol. The van der Waals surface area contributed by atoms with E-state index in [1.807, 2.05) is 0 Å². The summed E-state index contributed by atoms with van der Waals surface area (Å²) >= 11 is 0. The zero-order chi connectivity index (χ0) is 13.0. The minimum atomic E-state index is -1.01. The summed E-state index contributed by atoms with van der Waals surface area (Å²) in [4.78, 5) is 23.1. The fraction of sp³-hybridized carbons (Fsp3) is 0.846. The maximum absolute atomic E-state index is 11.8. The third-order valence-electron chi connectivity index (χ3n) is 4.15. The molecule has 0 atom stereocenters. The van der Waals surface area contributed by atoms with E-state index in [0.29, 0.717) is 18.9 Å². The highest BCUT2D eigenvalue weighted by Crippen LogP contribution is 2.29. The van der Waals surface area contributed by atoms with Crippen LogP contribution in [0.25, 0.3) is 0 Å². The Balaban J connectivity index is 1.80. The van der Waals surface area contributed by atoms with Crippen LogP contribution in [0.3, 0.4) is 0 Å². The van der Waals surface area contributed by atoms with Crippen LogP contribution in [-0.4, -0.2) is 35.1 Å². The molecule has 0 aliphatic heterocycles. The maximum atomic E-state index is 11.8. The van der Waals surface area contributed by atoms with Crippen molar-refractivity contribution in [3.63, 3.8) is 0 Å². The minimum Gasteiger partial charge on any atom is -0.480 e. The molecule has 102 valence electrons. The first-order valence-corrected chi connectivity index (χ1v) is 6.90. The number of carbonyl (C=O) groups is 2. The number of carbonyl (C=O) groups excluding carboxylic acids is 1. The fourth-order valence-corrected chi connectivity index (χ4v) is 3.05. The summed E-state index contributed by atoms with van der Waals surface area (Å²) in [5.41, 5.74) is -1.01. The molecule has 2 aliphatic carbocycles. The average Bonchev–Trinajstić information content (AvgIpc) is 2.97. The van der Waals surface area contributed by atoms with Crippen LogP contribution in [0.1, 0.15) is 51.4 Å². The van der Waals surface area contributed by atoms with Crippen LogP contribution < -0.4 is 10.6 Å². The van der Waals surface area contributed by atoms with Crippen molar-refractivity contribution in [3.8, 4) is 0 Å². The van der Waals surface area contributed by atoms with E-state index in [1.165, 1.54) is 12.8 Å². The highest BCUT2D eigenvalue weighted by atomic mass is 16.4. The zero-order valence-corrected chi connectivity index (χ0v) is 10.7. The molecule has 5 nitrogen and oxygen atoms in total. The molecular weight excluding hydrogens is 232 g/mol. The second kappa shape index (κ2) is 5.69. The van der Waals surface area contributed by atoms with Crippen LogP contribution in [-0.2, 0) is 9.59 Å². The summed E-state index contributed by atoms with van der Waals surface area (Å²) in [6.45, 7) is 0.236. The molecular formula is C13H22N2O3. The van der Waals surface area contributed by atoms with Crippen LogP contribution in [0.15, 0.2) is 0 Å². The van der Waals surface area contributed by atoms with Crippen molar-refractivity contribution in [1.82, 2.24) is 10.6 Å². The summed E-state index contributed by atoms with van der Waals surface area (Å²) in [5, 5.41) is 15.2. The van der Waals surface area contributed by atoms with Gasteiger partial charge in [-0.05, 0) is 25.7 Å². The summed E-state index contributed by atoms with van der Waals surface area (Å²) < 4.78 is 0. The lowest BCUT2D eigenvalue weighted by atomic mass is 9.98. The van der Waals surface area contributed by atoms with E-state index in [0.717, 1.165) is 25.7 Å². The average molecular weight is 254 g/mol. The summed E-state index contributed by atoms with van der Waals surface area (Å²) in [7, 11) is 0. The van der Waals surface area contributed by atoms with E-state index >= 15 is 0 Å². The van der Waals surface area contributed by atoms with Crippen molar-refractivity contribution in [1.29, 1.82) is 0 Å². The van der Waals surface area contributed by atoms with Gasteiger partial charge in [0, 0.05) is 6.04 Å². The maximum Gasteiger partial charge on any atom is 0.329 e. The van der Waals surface area contributed by atoms with Gasteiger partial charge in [0.1, 0.15) is 5.54 Å². The van der Waals surface area contributed by atoms with E-state index < -0.39 is 11.5 Å². The van der Waals surface area contributed by atoms with Crippen LogP contribution in [0.4, 0.5) is 0 Å². The number of aliphatic carboxylic acids is 1. The van der Waals surface area contributed by atoms with E-state index in [4.69, 9.17) is 0 Å². The summed E-state index contributed by atoms with van der Waals surface area (Å²) in [6, 6.07) is 0.431. The Labute approximate surface area is 107 Å². The molecule has 3 N–H and O–H groups in total. The molecule has 0 spiro atoms. The normalized spacial score (nSPS) is 23.1. The number of rotatable bonds is 5. The predicted molar refractivity (Wildman–Crippen MR) is 67.2 cm³/mol. The molecule has 0 aromatic heterocycles. The number of carboxylic acid groups (broad SMARTS) is 1. The van der Waals surface area contributed by atoms with Gasteiger partial charge in [-0.1, -0.05) is 25.7 Å². The van der Waals surface area contributed by atoms with Crippen LogP contribution in [0.5, 0.6) is 0 Å². The van der Waals surface area contributed by atoms with Gasteiger partial charge in [0.2, 0.25) is 5.91 Å². The van der Waals surface area contributed by atoms with Crippen molar-refractivity contribution in [2.75, 3.05) is 6.54 Å². The predicted octanol–water partition coefficient (Wildman–Crippen LogP) is 1.03. The van der Waals surface area contributed by atoms with E-state index in [-0.39, 0.29) is 12.5 Å². The third kappa shape index (κ3) is 3.02. The molecule has 0 radical (unpaired) electrons. The quantitative estimate of drug-likeness (QED) is 0.685. The van der Waals surface area contributed by atoms with Gasteiger partial charge < -0.3 is 15.7 Å². The lowest BCUT2D eigenvalue weighted by molar-refractivity contribution is -0.147. The number of hydrogen-bond donors (Lipinski definition) is 3. The smallest absolute Gasteiger partial charge is 0.329 e. The summed E-state index contributed by atoms with van der Waals surface area (Å²) in [5.74, 6) is -1.08. The first-order valence-electron chi connectivity index (χ1n) is 6.90. The Bertz CT molecular complexity index is 318. The first-order chi connectivity index (χ1) is 8.62. The lowest BCUT2D eigenvalue weighted by Crippen LogP contribution is -2.54. The molecule has 0 unspecified atom stereocenters. The first kappa shape index (κ1) is 13.3. The fourth-order valence-electron chi connectivity index (χ4n) is 3.05. The van der Waals surface area contributed by atoms with E-state index in [1.54, 1.807) is 0 Å². The molecule has 1 amide bonds. The molecule has 5 heteroatoms. The molecule has 0 saturated heterocycles. The lowest BCUT2D eigenvalue weighted by Gasteiger charge is -2.25. The Hall–Kier alpha value is -1.10. The highest BCUT2D eigenvalue weighted by Gasteiger charge is 2.42. The van der Waals surface area contributed by atoms with Gasteiger partial charge in [-0.15, -0.1) is 0 Å². The molecule has 18 heavy (non-hydrogen) atoms. The van der Waals surface area contributed by atoms with Gasteiger partial charge in [-0.25, -0.2) is 4.79 Å². The topological polar surface area (TPSA) is 78.4 Å². The molecule has 2 aliphatic rings. The largest absolute Gasteiger partial charge is 0.480 e. The standard InChI is InChI=1S/C13H22N2O3/c16-11(9-14-10-5-1-2-6-10)15-13(12(17)18)7-3-4-8-13/h10,14H,1-9H2,(H,15,16)(H,17,18). The minimum absolute atomic E-state index is 0.189. The molecule has 0 aromatic carbocycles. The Morgan fingerprint density at radius 1 is 1.11 bits per heavy atom. The highest BCUT2D eigenvalue weighted by molar-refractivity contribution is 5.88. The van der Waals surface area contributed by atoms with E-state index in [9.17, 15) is 14.7 Å². The van der Waals surface area contributed by atoms with Crippen molar-refractivity contribution in [2.24, 2.45) is 0 Å². The third-order valence-corrected chi connectivity index (χ3v) is 4.15. The Kier molecular flexibility index (Phi) is 4.22. The van der Waals surface area contributed by atoms with Gasteiger partial charge in [-0.2, -0.15) is 0 Å². The molecule has 2 fully saturated rings.